The van der Waals surface area contributed by atoms with Gasteiger partial charge >= 0.3 is 5.97 Å². The van der Waals surface area contributed by atoms with Gasteiger partial charge in [0, 0.05) is 23.3 Å². The van der Waals surface area contributed by atoms with Crippen LogP contribution in [0.25, 0.3) is 0 Å². The van der Waals surface area contributed by atoms with Gasteiger partial charge in [0.2, 0.25) is 0 Å². The van der Waals surface area contributed by atoms with E-state index >= 15 is 0 Å². The van der Waals surface area contributed by atoms with Crippen molar-refractivity contribution < 1.29 is 29.6 Å². The van der Waals surface area contributed by atoms with Gasteiger partial charge in [-0.3, -0.25) is 4.79 Å². The molecule has 5 rings (SSSR count). The number of ether oxygens (including phenoxy) is 1. The maximum absolute atomic E-state index is 13.1. The molecule has 0 saturated heterocycles. The van der Waals surface area contributed by atoms with Gasteiger partial charge in [0.05, 0.1) is 11.0 Å². The summed E-state index contributed by atoms with van der Waals surface area (Å²) < 4.78 is 5.61. The molecule has 5 aliphatic rings. The third-order valence-corrected chi connectivity index (χ3v) is 10.7. The zero-order valence-electron chi connectivity index (χ0n) is 20.7. The van der Waals surface area contributed by atoms with Crippen LogP contribution in [0.3, 0.4) is 0 Å². The molecule has 34 heavy (non-hydrogen) atoms. The Morgan fingerprint density at radius 3 is 2.47 bits per heavy atom. The molecule has 2 fully saturated rings. The first kappa shape index (κ1) is 23.7. The molecule has 0 bridgehead atoms. The zero-order valence-corrected chi connectivity index (χ0v) is 20.7. The van der Waals surface area contributed by atoms with Crippen molar-refractivity contribution in [1.29, 1.82) is 0 Å². The molecular formula is C28H36O6. The fraction of sp³-hybridized carbons (Fsp3) is 0.643. The Balaban J connectivity index is 1.55. The van der Waals surface area contributed by atoms with Gasteiger partial charge in [-0.15, -0.1) is 0 Å². The summed E-state index contributed by atoms with van der Waals surface area (Å²) in [5.41, 5.74) is -4.22. The van der Waals surface area contributed by atoms with Gasteiger partial charge in [-0.1, -0.05) is 36.8 Å². The van der Waals surface area contributed by atoms with Crippen molar-refractivity contribution in [2.24, 2.45) is 22.7 Å². The molecule has 0 amide bonds. The van der Waals surface area contributed by atoms with Crippen LogP contribution in [0.4, 0.5) is 0 Å². The minimum Gasteiger partial charge on any atom is -0.455 e. The van der Waals surface area contributed by atoms with Crippen molar-refractivity contribution in [1.82, 2.24) is 0 Å². The van der Waals surface area contributed by atoms with E-state index in [2.05, 4.69) is 0 Å². The monoisotopic (exact) mass is 468 g/mol. The number of esters is 1. The topological polar surface area (TPSA) is 104 Å². The Bertz CT molecular complexity index is 1090. The Kier molecular flexibility index (Phi) is 4.90. The molecule has 0 spiro atoms. The molecule has 4 aliphatic carbocycles. The third-order valence-electron chi connectivity index (χ3n) is 10.7. The summed E-state index contributed by atoms with van der Waals surface area (Å²) in [5.74, 6) is -0.881. The lowest BCUT2D eigenvalue weighted by Gasteiger charge is -2.62. The second-order valence-corrected chi connectivity index (χ2v) is 11.8. The fourth-order valence-corrected chi connectivity index (χ4v) is 7.95. The smallest absolute Gasteiger partial charge is 0.334 e. The van der Waals surface area contributed by atoms with Crippen molar-refractivity contribution in [2.75, 3.05) is 0 Å². The molecule has 1 heterocycles. The number of carbonyl (C=O) groups is 2. The van der Waals surface area contributed by atoms with Gasteiger partial charge < -0.3 is 20.1 Å². The number of ketones is 1. The average molecular weight is 469 g/mol. The van der Waals surface area contributed by atoms with E-state index < -0.39 is 39.7 Å². The lowest BCUT2D eigenvalue weighted by molar-refractivity contribution is -0.275. The summed E-state index contributed by atoms with van der Waals surface area (Å²) in [6.07, 6.45) is 10.3. The maximum atomic E-state index is 13.1. The third kappa shape index (κ3) is 2.57. The zero-order chi connectivity index (χ0) is 24.9. The molecule has 0 aromatic rings. The van der Waals surface area contributed by atoms with Crippen LogP contribution < -0.4 is 0 Å². The predicted octanol–water partition coefficient (Wildman–Crippen LogP) is 3.32. The maximum Gasteiger partial charge on any atom is 0.334 e. The van der Waals surface area contributed by atoms with E-state index in [-0.39, 0.29) is 30.5 Å². The largest absolute Gasteiger partial charge is 0.455 e. The Labute approximate surface area is 201 Å². The number of aliphatic hydroxyl groups is 3. The fourth-order valence-electron chi connectivity index (χ4n) is 7.95. The number of hydrogen-bond acceptors (Lipinski definition) is 6. The van der Waals surface area contributed by atoms with Crippen LogP contribution in [-0.4, -0.2) is 50.0 Å². The highest BCUT2D eigenvalue weighted by atomic mass is 16.6. The Morgan fingerprint density at radius 1 is 1.09 bits per heavy atom. The van der Waals surface area contributed by atoms with E-state index in [4.69, 9.17) is 4.74 Å². The Morgan fingerprint density at radius 2 is 1.79 bits per heavy atom. The van der Waals surface area contributed by atoms with E-state index in [9.17, 15) is 24.9 Å². The molecule has 0 radical (unpaired) electrons. The van der Waals surface area contributed by atoms with Crippen LogP contribution in [0.1, 0.15) is 66.7 Å². The average Bonchev–Trinajstić information content (AvgIpc) is 3.00. The lowest BCUT2D eigenvalue weighted by atomic mass is 9.45. The van der Waals surface area contributed by atoms with Crippen LogP contribution in [0.15, 0.2) is 47.1 Å². The number of rotatable bonds is 2. The molecule has 6 nitrogen and oxygen atoms in total. The summed E-state index contributed by atoms with van der Waals surface area (Å²) in [4.78, 5) is 25.5. The van der Waals surface area contributed by atoms with Gasteiger partial charge in [-0.05, 0) is 70.9 Å². The van der Waals surface area contributed by atoms with Crippen molar-refractivity contribution in [3.63, 3.8) is 0 Å². The molecule has 3 N–H and O–H groups in total. The molecule has 0 aromatic heterocycles. The standard InChI is InChI=1S/C28H36O6/c1-16-15-22(34-23(30)17(16)2)26(5,31)28(33)14-13-27(32)20-10-9-18-7-6-8-21(29)25(18,4)19(20)11-12-24(27,28)3/h6-10,19-20,22,31-33H,11-15H2,1-5H3/t19-,20+,22+,24-,25-,26-,27+,28-/m0/s1. The van der Waals surface area contributed by atoms with Crippen molar-refractivity contribution in [3.8, 4) is 0 Å². The van der Waals surface area contributed by atoms with Crippen molar-refractivity contribution >= 4 is 11.8 Å². The second-order valence-electron chi connectivity index (χ2n) is 11.8. The first-order valence-corrected chi connectivity index (χ1v) is 12.4. The Hall–Kier alpha value is -2.02. The minimum absolute atomic E-state index is 0.0450. The van der Waals surface area contributed by atoms with E-state index in [1.165, 1.54) is 6.92 Å². The van der Waals surface area contributed by atoms with Gasteiger partial charge in [0.25, 0.3) is 0 Å². The quantitative estimate of drug-likeness (QED) is 0.537. The number of hydrogen-bond donors (Lipinski definition) is 3. The van der Waals surface area contributed by atoms with E-state index in [0.717, 1.165) is 11.1 Å². The van der Waals surface area contributed by atoms with Crippen LogP contribution in [0.2, 0.25) is 0 Å². The predicted molar refractivity (Wildman–Crippen MR) is 126 cm³/mol. The van der Waals surface area contributed by atoms with Crippen LogP contribution in [-0.2, 0) is 14.3 Å². The number of allylic oxidation sites excluding steroid dienone is 5. The van der Waals surface area contributed by atoms with Gasteiger partial charge in [-0.25, -0.2) is 4.79 Å². The molecule has 8 atom stereocenters. The van der Waals surface area contributed by atoms with Gasteiger partial charge in [0.15, 0.2) is 5.78 Å². The summed E-state index contributed by atoms with van der Waals surface area (Å²) in [7, 11) is 0. The van der Waals surface area contributed by atoms with E-state index in [1.807, 2.05) is 39.0 Å². The lowest BCUT2D eigenvalue weighted by Crippen LogP contribution is -2.72. The minimum atomic E-state index is -1.77. The summed E-state index contributed by atoms with van der Waals surface area (Å²) in [5, 5.41) is 36.4. The molecular weight excluding hydrogens is 432 g/mol. The van der Waals surface area contributed by atoms with Crippen molar-refractivity contribution in [2.45, 2.75) is 89.6 Å². The van der Waals surface area contributed by atoms with E-state index in [0.29, 0.717) is 24.8 Å². The van der Waals surface area contributed by atoms with Crippen molar-refractivity contribution in [3.05, 3.63) is 47.1 Å². The SMILES string of the molecule is CC1=C(C)C(=O)O[C@@H]([C@](C)(O)[C@]2(O)CC[C@@]3(O)[C@@H]4C=CC5=CC=CC(=O)[C@]5(C)[C@H]4CC[C@]23C)C1. The molecule has 6 heteroatoms. The van der Waals surface area contributed by atoms with Gasteiger partial charge in [0.1, 0.15) is 17.3 Å². The highest BCUT2D eigenvalue weighted by molar-refractivity contribution is 5.99. The van der Waals surface area contributed by atoms with Crippen LogP contribution in [0, 0.1) is 22.7 Å². The molecule has 2 saturated carbocycles. The summed E-state index contributed by atoms with van der Waals surface area (Å²) in [6.45, 7) is 8.90. The first-order valence-electron chi connectivity index (χ1n) is 12.4. The summed E-state index contributed by atoms with van der Waals surface area (Å²) >= 11 is 0. The molecule has 1 aliphatic heterocycles. The number of fused-ring (bicyclic) bond motifs is 5. The first-order chi connectivity index (χ1) is 15.7. The van der Waals surface area contributed by atoms with E-state index in [1.54, 1.807) is 19.1 Å². The normalized spacial score (nSPS) is 47.4. The number of carbonyl (C=O) groups excluding carboxylic acids is 2. The van der Waals surface area contributed by atoms with Gasteiger partial charge in [-0.2, -0.15) is 0 Å². The summed E-state index contributed by atoms with van der Waals surface area (Å²) in [6, 6.07) is 0. The highest BCUT2D eigenvalue weighted by Gasteiger charge is 2.76. The molecule has 0 aromatic carbocycles. The second kappa shape index (κ2) is 7.02. The van der Waals surface area contributed by atoms with Crippen LogP contribution >= 0.6 is 0 Å². The highest BCUT2D eigenvalue weighted by Crippen LogP contribution is 2.69. The molecule has 184 valence electrons. The number of cyclic esters (lactones) is 1. The van der Waals surface area contributed by atoms with Crippen LogP contribution in [0.5, 0.6) is 0 Å². The molecule has 0 unspecified atom stereocenters.